The average Bonchev–Trinajstić information content (AvgIpc) is 3.10. The quantitative estimate of drug-likeness (QED) is 0.548. The lowest BCUT2D eigenvalue weighted by atomic mass is 10.1. The van der Waals surface area contributed by atoms with Crippen LogP contribution in [0.4, 0.5) is 5.69 Å². The Balaban J connectivity index is 1.66. The van der Waals surface area contributed by atoms with Crippen LogP contribution >= 0.6 is 0 Å². The second kappa shape index (κ2) is 7.23. The minimum absolute atomic E-state index is 0.0632. The van der Waals surface area contributed by atoms with Gasteiger partial charge in [-0.05, 0) is 29.8 Å². The standard InChI is InChI=1S/C22H19N3O/c26-22(15-18-9-3-1-4-10-18)25(19-11-5-2-6-12-19)17-20-16-23-21-13-7-8-14-24(20)21/h1-14,16H,15,17H2. The van der Waals surface area contributed by atoms with Crippen LogP contribution in [0.25, 0.3) is 5.65 Å². The number of aromatic nitrogens is 2. The number of carbonyl (C=O) groups is 1. The van der Waals surface area contributed by atoms with E-state index in [1.165, 1.54) is 0 Å². The van der Waals surface area contributed by atoms with Crippen molar-refractivity contribution in [2.75, 3.05) is 4.90 Å². The van der Waals surface area contributed by atoms with Crippen LogP contribution in [0.2, 0.25) is 0 Å². The van der Waals surface area contributed by atoms with E-state index in [9.17, 15) is 4.79 Å². The van der Waals surface area contributed by atoms with Gasteiger partial charge in [-0.3, -0.25) is 4.79 Å². The van der Waals surface area contributed by atoms with Crippen molar-refractivity contribution in [2.24, 2.45) is 0 Å². The van der Waals surface area contributed by atoms with Crippen LogP contribution in [-0.4, -0.2) is 15.3 Å². The number of benzene rings is 2. The minimum atomic E-state index is 0.0632. The molecule has 1 amide bonds. The number of imidazole rings is 1. The molecule has 0 saturated heterocycles. The first-order valence-corrected chi connectivity index (χ1v) is 8.61. The summed E-state index contributed by atoms with van der Waals surface area (Å²) in [4.78, 5) is 19.3. The highest BCUT2D eigenvalue weighted by atomic mass is 16.2. The van der Waals surface area contributed by atoms with Crippen LogP contribution in [0.15, 0.2) is 91.3 Å². The number of pyridine rings is 1. The third kappa shape index (κ3) is 3.35. The number of amides is 1. The van der Waals surface area contributed by atoms with Crippen molar-refractivity contribution < 1.29 is 4.79 Å². The fraction of sp³-hybridized carbons (Fsp3) is 0.0909. The summed E-state index contributed by atoms with van der Waals surface area (Å²) in [5.74, 6) is 0.0632. The molecule has 2 aromatic carbocycles. The van der Waals surface area contributed by atoms with E-state index in [4.69, 9.17) is 0 Å². The van der Waals surface area contributed by atoms with Crippen LogP contribution < -0.4 is 4.90 Å². The molecule has 2 aromatic heterocycles. The molecule has 4 heteroatoms. The first-order chi connectivity index (χ1) is 12.8. The van der Waals surface area contributed by atoms with E-state index < -0.39 is 0 Å². The number of rotatable bonds is 5. The molecule has 2 heterocycles. The Labute approximate surface area is 152 Å². The summed E-state index contributed by atoms with van der Waals surface area (Å²) in [5.41, 5.74) is 3.76. The van der Waals surface area contributed by atoms with Gasteiger partial charge in [0.25, 0.3) is 0 Å². The first-order valence-electron chi connectivity index (χ1n) is 8.61. The van der Waals surface area contributed by atoms with E-state index in [1.54, 1.807) is 0 Å². The van der Waals surface area contributed by atoms with Gasteiger partial charge in [0.1, 0.15) is 5.65 Å². The highest BCUT2D eigenvalue weighted by Gasteiger charge is 2.18. The van der Waals surface area contributed by atoms with E-state index in [0.29, 0.717) is 13.0 Å². The van der Waals surface area contributed by atoms with E-state index in [0.717, 1.165) is 22.6 Å². The number of carbonyl (C=O) groups excluding carboxylic acids is 1. The van der Waals surface area contributed by atoms with Gasteiger partial charge < -0.3 is 9.30 Å². The van der Waals surface area contributed by atoms with Crippen LogP contribution in [0, 0.1) is 0 Å². The lowest BCUT2D eigenvalue weighted by Gasteiger charge is -2.23. The lowest BCUT2D eigenvalue weighted by Crippen LogP contribution is -2.32. The van der Waals surface area contributed by atoms with Crippen molar-refractivity contribution in [3.05, 3.63) is 103 Å². The summed E-state index contributed by atoms with van der Waals surface area (Å²) in [6, 6.07) is 25.5. The Morgan fingerprint density at radius 3 is 2.35 bits per heavy atom. The third-order valence-electron chi connectivity index (χ3n) is 4.38. The molecule has 4 nitrogen and oxygen atoms in total. The largest absolute Gasteiger partial charge is 0.306 e. The monoisotopic (exact) mass is 341 g/mol. The number of para-hydroxylation sites is 1. The van der Waals surface area contributed by atoms with E-state index in [2.05, 4.69) is 4.98 Å². The zero-order valence-corrected chi connectivity index (χ0v) is 14.3. The molecule has 0 spiro atoms. The minimum Gasteiger partial charge on any atom is -0.306 e. The fourth-order valence-electron chi connectivity index (χ4n) is 3.06. The maximum Gasteiger partial charge on any atom is 0.231 e. The van der Waals surface area contributed by atoms with Crippen molar-refractivity contribution in [3.63, 3.8) is 0 Å². The molecule has 0 saturated carbocycles. The van der Waals surface area contributed by atoms with Crippen LogP contribution in [-0.2, 0) is 17.8 Å². The Morgan fingerprint density at radius 2 is 1.58 bits per heavy atom. The molecule has 0 atom stereocenters. The van der Waals surface area contributed by atoms with Gasteiger partial charge in [-0.1, -0.05) is 54.6 Å². The number of fused-ring (bicyclic) bond motifs is 1. The van der Waals surface area contributed by atoms with Crippen molar-refractivity contribution in [3.8, 4) is 0 Å². The molecular formula is C22H19N3O. The Morgan fingerprint density at radius 1 is 0.885 bits per heavy atom. The van der Waals surface area contributed by atoms with Gasteiger partial charge in [-0.15, -0.1) is 0 Å². The van der Waals surface area contributed by atoms with Crippen molar-refractivity contribution in [1.29, 1.82) is 0 Å². The Kier molecular flexibility index (Phi) is 4.48. The second-order valence-corrected chi connectivity index (χ2v) is 6.16. The van der Waals surface area contributed by atoms with Crippen LogP contribution in [0.3, 0.4) is 0 Å². The van der Waals surface area contributed by atoms with Gasteiger partial charge in [0, 0.05) is 11.9 Å². The molecule has 128 valence electrons. The Bertz CT molecular complexity index is 1010. The lowest BCUT2D eigenvalue weighted by molar-refractivity contribution is -0.118. The SMILES string of the molecule is O=C(Cc1ccccc1)N(Cc1cnc2ccccn12)c1ccccc1. The highest BCUT2D eigenvalue weighted by molar-refractivity contribution is 5.94. The topological polar surface area (TPSA) is 37.6 Å². The van der Waals surface area contributed by atoms with E-state index in [-0.39, 0.29) is 5.91 Å². The second-order valence-electron chi connectivity index (χ2n) is 6.16. The number of hydrogen-bond acceptors (Lipinski definition) is 2. The average molecular weight is 341 g/mol. The van der Waals surface area contributed by atoms with Crippen molar-refractivity contribution in [1.82, 2.24) is 9.38 Å². The number of hydrogen-bond donors (Lipinski definition) is 0. The maximum atomic E-state index is 13.1. The molecule has 0 aliphatic heterocycles. The van der Waals surface area contributed by atoms with Gasteiger partial charge in [0.15, 0.2) is 0 Å². The molecule has 0 fully saturated rings. The maximum absolute atomic E-state index is 13.1. The summed E-state index contributed by atoms with van der Waals surface area (Å²) < 4.78 is 2.02. The van der Waals surface area contributed by atoms with Crippen LogP contribution in [0.5, 0.6) is 0 Å². The fourth-order valence-corrected chi connectivity index (χ4v) is 3.06. The smallest absolute Gasteiger partial charge is 0.231 e. The third-order valence-corrected chi connectivity index (χ3v) is 4.38. The van der Waals surface area contributed by atoms with E-state index >= 15 is 0 Å². The van der Waals surface area contributed by atoms with Gasteiger partial charge in [-0.25, -0.2) is 4.98 Å². The van der Waals surface area contributed by atoms with Gasteiger partial charge in [0.05, 0.1) is 24.9 Å². The number of anilines is 1. The van der Waals surface area contributed by atoms with Gasteiger partial charge in [-0.2, -0.15) is 0 Å². The van der Waals surface area contributed by atoms with Gasteiger partial charge >= 0.3 is 0 Å². The summed E-state index contributed by atoms with van der Waals surface area (Å²) >= 11 is 0. The Hall–Kier alpha value is -3.40. The normalized spacial score (nSPS) is 10.8. The molecular weight excluding hydrogens is 322 g/mol. The zero-order chi connectivity index (χ0) is 17.8. The summed E-state index contributed by atoms with van der Waals surface area (Å²) in [6.07, 6.45) is 4.18. The van der Waals surface area contributed by atoms with E-state index in [1.807, 2.05) is 101 Å². The van der Waals surface area contributed by atoms with Crippen molar-refractivity contribution in [2.45, 2.75) is 13.0 Å². The molecule has 26 heavy (non-hydrogen) atoms. The molecule has 0 bridgehead atoms. The predicted octanol–water partition coefficient (Wildman–Crippen LogP) is 4.11. The molecule has 0 radical (unpaired) electrons. The summed E-state index contributed by atoms with van der Waals surface area (Å²) in [7, 11) is 0. The molecule has 0 N–H and O–H groups in total. The predicted molar refractivity (Wildman–Crippen MR) is 103 cm³/mol. The molecule has 0 aliphatic carbocycles. The highest BCUT2D eigenvalue weighted by Crippen LogP contribution is 2.19. The number of nitrogens with zero attached hydrogens (tertiary/aromatic N) is 3. The first kappa shape index (κ1) is 16.1. The summed E-state index contributed by atoms with van der Waals surface area (Å²) in [6.45, 7) is 0.473. The van der Waals surface area contributed by atoms with Crippen molar-refractivity contribution >= 4 is 17.2 Å². The molecule has 0 unspecified atom stereocenters. The van der Waals surface area contributed by atoms with Gasteiger partial charge in [0.2, 0.25) is 5.91 Å². The van der Waals surface area contributed by atoms with Crippen LogP contribution in [0.1, 0.15) is 11.3 Å². The zero-order valence-electron chi connectivity index (χ0n) is 14.3. The molecule has 4 rings (SSSR count). The molecule has 4 aromatic rings. The molecule has 0 aliphatic rings. The summed E-state index contributed by atoms with van der Waals surface area (Å²) in [5, 5.41) is 0.